The van der Waals surface area contributed by atoms with Gasteiger partial charge in [-0.15, -0.1) is 0 Å². The molecule has 11 heteroatoms. The predicted molar refractivity (Wildman–Crippen MR) is 81.2 cm³/mol. The molecule has 8 nitrogen and oxygen atoms in total. The molecule has 0 spiro atoms. The topological polar surface area (TPSA) is 104 Å². The summed E-state index contributed by atoms with van der Waals surface area (Å²) in [7, 11) is 0. The second kappa shape index (κ2) is 6.43. The van der Waals surface area contributed by atoms with E-state index in [-0.39, 0.29) is 23.9 Å². The lowest BCUT2D eigenvalue weighted by atomic mass is 10.1. The first kappa shape index (κ1) is 17.3. The highest BCUT2D eigenvalue weighted by Crippen LogP contribution is 2.30. The highest BCUT2D eigenvalue weighted by Gasteiger charge is 2.30. The van der Waals surface area contributed by atoms with Crippen molar-refractivity contribution in [2.75, 3.05) is 0 Å². The molecule has 0 aliphatic rings. The molecule has 1 aromatic carbocycles. The second-order valence-corrected chi connectivity index (χ2v) is 5.20. The molecule has 0 saturated carbocycles. The zero-order valence-electron chi connectivity index (χ0n) is 12.8. The number of nitrogens with zero attached hydrogens (tertiary/aromatic N) is 4. The first-order valence-electron chi connectivity index (χ1n) is 7.09. The molecule has 0 aliphatic carbocycles. The average molecular weight is 366 g/mol. The Balaban J connectivity index is 1.84. The van der Waals surface area contributed by atoms with E-state index >= 15 is 0 Å². The molecule has 3 aromatic rings. The summed E-state index contributed by atoms with van der Waals surface area (Å²) in [4.78, 5) is 25.9. The number of halogens is 3. The second-order valence-electron chi connectivity index (χ2n) is 5.20. The Kier molecular flexibility index (Phi) is 4.28. The molecule has 26 heavy (non-hydrogen) atoms. The van der Waals surface area contributed by atoms with Crippen molar-refractivity contribution < 1.29 is 22.6 Å². The molecule has 0 aliphatic heterocycles. The number of benzene rings is 1. The van der Waals surface area contributed by atoms with Gasteiger partial charge in [0.05, 0.1) is 16.7 Å². The number of nitro groups is 1. The lowest BCUT2D eigenvalue weighted by Gasteiger charge is -2.05. The van der Waals surface area contributed by atoms with Gasteiger partial charge in [-0.1, -0.05) is 17.3 Å². The van der Waals surface area contributed by atoms with Crippen LogP contribution >= 0.6 is 0 Å². The smallest absolute Gasteiger partial charge is 0.337 e. The lowest BCUT2D eigenvalue weighted by molar-refractivity contribution is -0.385. The van der Waals surface area contributed by atoms with Crippen LogP contribution in [-0.2, 0) is 12.7 Å². The molecule has 0 saturated heterocycles. The monoisotopic (exact) mass is 366 g/mol. The summed E-state index contributed by atoms with van der Waals surface area (Å²) in [5.74, 6) is 0.00898. The summed E-state index contributed by atoms with van der Waals surface area (Å²) in [6, 6.07) is 6.26. The minimum atomic E-state index is -4.45. The van der Waals surface area contributed by atoms with Gasteiger partial charge in [0, 0.05) is 17.7 Å². The van der Waals surface area contributed by atoms with Gasteiger partial charge in [-0.3, -0.25) is 19.5 Å². The van der Waals surface area contributed by atoms with Gasteiger partial charge < -0.3 is 4.52 Å². The van der Waals surface area contributed by atoms with E-state index in [4.69, 9.17) is 4.52 Å². The van der Waals surface area contributed by atoms with E-state index in [0.29, 0.717) is 5.56 Å². The van der Waals surface area contributed by atoms with Crippen LogP contribution in [0.4, 0.5) is 18.9 Å². The molecule has 2 aromatic heterocycles. The molecule has 2 heterocycles. The Hall–Kier alpha value is -3.50. The van der Waals surface area contributed by atoms with Crippen LogP contribution in [0, 0.1) is 10.1 Å². The molecule has 0 radical (unpaired) electrons. The maximum atomic E-state index is 12.6. The van der Waals surface area contributed by atoms with Gasteiger partial charge in [-0.05, 0) is 12.1 Å². The number of alkyl halides is 3. The summed E-state index contributed by atoms with van der Waals surface area (Å²) in [6.45, 7) is -0.214. The largest absolute Gasteiger partial charge is 0.416 e. The summed E-state index contributed by atoms with van der Waals surface area (Å²) in [5.41, 5.74) is -1.32. The van der Waals surface area contributed by atoms with Crippen molar-refractivity contribution in [1.82, 2.24) is 14.7 Å². The third-order valence-electron chi connectivity index (χ3n) is 3.42. The molecule has 0 unspecified atom stereocenters. The normalized spacial score (nSPS) is 11.5. The van der Waals surface area contributed by atoms with Crippen LogP contribution in [0.5, 0.6) is 0 Å². The van der Waals surface area contributed by atoms with Crippen LogP contribution in [0.3, 0.4) is 0 Å². The lowest BCUT2D eigenvalue weighted by Crippen LogP contribution is -2.19. The van der Waals surface area contributed by atoms with Gasteiger partial charge >= 0.3 is 6.18 Å². The number of pyridine rings is 1. The Morgan fingerprint density at radius 1 is 1.15 bits per heavy atom. The van der Waals surface area contributed by atoms with Crippen molar-refractivity contribution in [1.29, 1.82) is 0 Å². The van der Waals surface area contributed by atoms with E-state index in [9.17, 15) is 28.1 Å². The van der Waals surface area contributed by atoms with Crippen molar-refractivity contribution in [3.05, 3.63) is 74.5 Å². The Labute approximate surface area is 142 Å². The number of hydrogen-bond acceptors (Lipinski definition) is 6. The molecule has 0 bridgehead atoms. The van der Waals surface area contributed by atoms with Crippen molar-refractivity contribution in [2.45, 2.75) is 12.7 Å². The highest BCUT2D eigenvalue weighted by molar-refractivity contribution is 5.54. The molecule has 134 valence electrons. The standard InChI is InChI=1S/C15H9F3N4O4/c16-15(17,18)10-3-1-9(2-4-10)14-19-12(26-20-14)8-21-7-11(22(24)25)5-6-13(21)23/h1-7H,8H2. The van der Waals surface area contributed by atoms with Crippen LogP contribution in [-0.4, -0.2) is 19.6 Å². The predicted octanol–water partition coefficient (Wildman–Crippen LogP) is 2.87. The maximum Gasteiger partial charge on any atom is 0.416 e. The van der Waals surface area contributed by atoms with E-state index in [1.165, 1.54) is 12.1 Å². The molecule has 0 amide bonds. The van der Waals surface area contributed by atoms with Crippen LogP contribution in [0.25, 0.3) is 11.4 Å². The molecule has 0 N–H and O–H groups in total. The molecular formula is C15H9F3N4O4. The molecule has 3 rings (SSSR count). The molecule has 0 atom stereocenters. The van der Waals surface area contributed by atoms with E-state index < -0.39 is 22.2 Å². The van der Waals surface area contributed by atoms with Crippen LogP contribution < -0.4 is 5.56 Å². The van der Waals surface area contributed by atoms with E-state index in [1.54, 1.807) is 0 Å². The number of hydrogen-bond donors (Lipinski definition) is 0. The van der Waals surface area contributed by atoms with Gasteiger partial charge in [0.1, 0.15) is 6.54 Å². The maximum absolute atomic E-state index is 12.6. The van der Waals surface area contributed by atoms with Crippen LogP contribution in [0.1, 0.15) is 11.5 Å². The first-order chi connectivity index (χ1) is 12.2. The van der Waals surface area contributed by atoms with Crippen LogP contribution in [0.2, 0.25) is 0 Å². The summed E-state index contributed by atoms with van der Waals surface area (Å²) in [5, 5.41) is 14.4. The van der Waals surface area contributed by atoms with Gasteiger partial charge in [-0.2, -0.15) is 18.2 Å². The third-order valence-corrected chi connectivity index (χ3v) is 3.42. The summed E-state index contributed by atoms with van der Waals surface area (Å²) >= 11 is 0. The fourth-order valence-corrected chi connectivity index (χ4v) is 2.14. The molecule has 0 fully saturated rings. The van der Waals surface area contributed by atoms with Gasteiger partial charge in [-0.25, -0.2) is 0 Å². The Morgan fingerprint density at radius 3 is 2.46 bits per heavy atom. The van der Waals surface area contributed by atoms with Gasteiger partial charge in [0.25, 0.3) is 11.2 Å². The first-order valence-corrected chi connectivity index (χ1v) is 7.09. The van der Waals surface area contributed by atoms with E-state index in [1.807, 2.05) is 0 Å². The van der Waals surface area contributed by atoms with Gasteiger partial charge in [0.2, 0.25) is 11.7 Å². The quantitative estimate of drug-likeness (QED) is 0.519. The zero-order chi connectivity index (χ0) is 18.9. The highest BCUT2D eigenvalue weighted by atomic mass is 19.4. The molecular weight excluding hydrogens is 357 g/mol. The van der Waals surface area contributed by atoms with E-state index in [2.05, 4.69) is 10.1 Å². The summed E-state index contributed by atoms with van der Waals surface area (Å²) in [6.07, 6.45) is -3.42. The minimum absolute atomic E-state index is 0.0255. The van der Waals surface area contributed by atoms with Gasteiger partial charge in [0.15, 0.2) is 0 Å². The SMILES string of the molecule is O=c1ccc([N+](=O)[O-])cn1Cc1nc(-c2ccc(C(F)(F)F)cc2)no1. The minimum Gasteiger partial charge on any atom is -0.337 e. The third kappa shape index (κ3) is 3.61. The van der Waals surface area contributed by atoms with E-state index in [0.717, 1.165) is 35.0 Å². The summed E-state index contributed by atoms with van der Waals surface area (Å²) < 4.78 is 43.7. The van der Waals surface area contributed by atoms with Crippen molar-refractivity contribution in [2.24, 2.45) is 0 Å². The zero-order valence-corrected chi connectivity index (χ0v) is 12.8. The van der Waals surface area contributed by atoms with Crippen LogP contribution in [0.15, 0.2) is 51.9 Å². The fourth-order valence-electron chi connectivity index (χ4n) is 2.14. The number of aromatic nitrogens is 3. The fraction of sp³-hybridized carbons (Fsp3) is 0.133. The Morgan fingerprint density at radius 2 is 1.85 bits per heavy atom. The Bertz CT molecular complexity index is 1010. The number of rotatable bonds is 4. The average Bonchev–Trinajstić information content (AvgIpc) is 3.04. The van der Waals surface area contributed by atoms with Crippen molar-refractivity contribution >= 4 is 5.69 Å². The van der Waals surface area contributed by atoms with Crippen molar-refractivity contribution in [3.8, 4) is 11.4 Å². The van der Waals surface area contributed by atoms with Crippen molar-refractivity contribution in [3.63, 3.8) is 0 Å².